The summed E-state index contributed by atoms with van der Waals surface area (Å²) in [5.41, 5.74) is 5.57. The quantitative estimate of drug-likeness (QED) is 0.387. The molecule has 0 unspecified atom stereocenters. The Morgan fingerprint density at radius 2 is 1.92 bits per heavy atom. The summed E-state index contributed by atoms with van der Waals surface area (Å²) in [5.74, 6) is 0.867. The van der Waals surface area contributed by atoms with Crippen LogP contribution in [0.3, 0.4) is 0 Å². The van der Waals surface area contributed by atoms with Gasteiger partial charge in [-0.25, -0.2) is 14.4 Å². The van der Waals surface area contributed by atoms with Gasteiger partial charge in [0.05, 0.1) is 28.8 Å². The number of pyridine rings is 1. The molecule has 6 aromatic rings. The van der Waals surface area contributed by atoms with Gasteiger partial charge in [0.15, 0.2) is 11.5 Å². The highest BCUT2D eigenvalue weighted by atomic mass is 19.1. The Balaban J connectivity index is 1.32. The van der Waals surface area contributed by atoms with Crippen LogP contribution < -0.4 is 5.32 Å². The van der Waals surface area contributed by atoms with E-state index >= 15 is 0 Å². The number of rotatable bonds is 6. The first-order valence-electron chi connectivity index (χ1n) is 11.2. The van der Waals surface area contributed by atoms with Crippen LogP contribution in [0, 0.1) is 5.82 Å². The van der Waals surface area contributed by atoms with E-state index in [9.17, 15) is 4.39 Å². The maximum absolute atomic E-state index is 13.7. The van der Waals surface area contributed by atoms with E-state index in [1.54, 1.807) is 27.8 Å². The van der Waals surface area contributed by atoms with Gasteiger partial charge in [-0.2, -0.15) is 10.2 Å². The minimum Gasteiger partial charge on any atom is -0.321 e. The highest BCUT2D eigenvalue weighted by Crippen LogP contribution is 2.26. The Kier molecular flexibility index (Phi) is 5.21. The predicted molar refractivity (Wildman–Crippen MR) is 132 cm³/mol. The van der Waals surface area contributed by atoms with E-state index in [1.165, 1.54) is 12.1 Å². The Hall–Kier alpha value is -4.93. The molecule has 0 bridgehead atoms. The first-order valence-corrected chi connectivity index (χ1v) is 11.2. The lowest BCUT2D eigenvalue weighted by molar-refractivity contribution is 0.626. The molecule has 0 saturated heterocycles. The summed E-state index contributed by atoms with van der Waals surface area (Å²) in [6.07, 6.45) is 9.56. The van der Waals surface area contributed by atoms with E-state index in [1.807, 2.05) is 61.4 Å². The summed E-state index contributed by atoms with van der Waals surface area (Å²) in [6, 6.07) is 12.3. The zero-order chi connectivity index (χ0) is 24.6. The Bertz CT molecular complexity index is 1700. The van der Waals surface area contributed by atoms with E-state index in [2.05, 4.69) is 35.7 Å². The van der Waals surface area contributed by atoms with Crippen molar-refractivity contribution < 1.29 is 4.39 Å². The van der Waals surface area contributed by atoms with Gasteiger partial charge in [0.1, 0.15) is 5.82 Å². The molecule has 0 radical (unpaired) electrons. The second-order valence-corrected chi connectivity index (χ2v) is 8.43. The van der Waals surface area contributed by atoms with E-state index in [-0.39, 0.29) is 5.82 Å². The maximum atomic E-state index is 13.7. The lowest BCUT2D eigenvalue weighted by Crippen LogP contribution is -1.98. The Morgan fingerprint density at radius 3 is 2.75 bits per heavy atom. The highest BCUT2D eigenvalue weighted by molar-refractivity contribution is 5.68. The van der Waals surface area contributed by atoms with Crippen molar-refractivity contribution in [2.45, 2.75) is 6.42 Å². The number of aromatic nitrogens is 9. The number of nitrogens with one attached hydrogen (secondary N) is 1. The molecule has 0 amide bonds. The maximum Gasteiger partial charge on any atom is 0.227 e. The van der Waals surface area contributed by atoms with Gasteiger partial charge in [-0.1, -0.05) is 12.1 Å². The first-order chi connectivity index (χ1) is 17.5. The Morgan fingerprint density at radius 1 is 1.00 bits per heavy atom. The van der Waals surface area contributed by atoms with Crippen molar-refractivity contribution in [3.63, 3.8) is 0 Å². The number of hydrogen-bond donors (Lipinski definition) is 1. The molecular formula is C25H21FN10. The largest absolute Gasteiger partial charge is 0.321 e. The third kappa shape index (κ3) is 4.17. The van der Waals surface area contributed by atoms with Crippen molar-refractivity contribution in [1.82, 2.24) is 44.1 Å². The van der Waals surface area contributed by atoms with E-state index < -0.39 is 0 Å². The van der Waals surface area contributed by atoms with Crippen LogP contribution in [0.15, 0.2) is 73.4 Å². The Labute approximate surface area is 205 Å². The molecule has 0 aliphatic heterocycles. The van der Waals surface area contributed by atoms with Gasteiger partial charge in [0.25, 0.3) is 0 Å². The van der Waals surface area contributed by atoms with Crippen LogP contribution >= 0.6 is 0 Å². The van der Waals surface area contributed by atoms with Crippen LogP contribution in [0.25, 0.3) is 28.3 Å². The van der Waals surface area contributed by atoms with E-state index in [0.29, 0.717) is 23.8 Å². The summed E-state index contributed by atoms with van der Waals surface area (Å²) < 4.78 is 19.0. The SMILES string of the molecule is Cn1cc(Nc2nccc(-c3ccn4c(-c5cn(C)nc5Cc5cccc(F)c5)nnc4c3)n2)cn1. The van der Waals surface area contributed by atoms with Gasteiger partial charge < -0.3 is 5.32 Å². The smallest absolute Gasteiger partial charge is 0.227 e. The number of benzene rings is 1. The fourth-order valence-corrected chi connectivity index (χ4v) is 4.12. The molecule has 0 fully saturated rings. The molecule has 10 nitrogen and oxygen atoms in total. The van der Waals surface area contributed by atoms with Crippen LogP contribution in [0.5, 0.6) is 0 Å². The summed E-state index contributed by atoms with van der Waals surface area (Å²) in [6.45, 7) is 0. The topological polar surface area (TPSA) is 104 Å². The molecular weight excluding hydrogens is 459 g/mol. The molecule has 11 heteroatoms. The molecule has 5 heterocycles. The van der Waals surface area contributed by atoms with Gasteiger partial charge in [-0.3, -0.25) is 13.8 Å². The number of nitrogens with zero attached hydrogens (tertiary/aromatic N) is 9. The third-order valence-corrected chi connectivity index (χ3v) is 5.73. The molecule has 0 saturated carbocycles. The zero-order valence-corrected chi connectivity index (χ0v) is 19.5. The first kappa shape index (κ1) is 21.6. The van der Waals surface area contributed by atoms with Gasteiger partial charge in [-0.05, 0) is 35.9 Å². The lowest BCUT2D eigenvalue weighted by atomic mass is 10.1. The normalized spacial score (nSPS) is 11.3. The summed E-state index contributed by atoms with van der Waals surface area (Å²) in [4.78, 5) is 8.93. The molecule has 5 aromatic heterocycles. The van der Waals surface area contributed by atoms with Crippen molar-refractivity contribution in [3.8, 4) is 22.6 Å². The number of hydrogen-bond acceptors (Lipinski definition) is 7. The second kappa shape index (κ2) is 8.69. The van der Waals surface area contributed by atoms with Crippen molar-refractivity contribution in [1.29, 1.82) is 0 Å². The van der Waals surface area contributed by atoms with Gasteiger partial charge in [-0.15, -0.1) is 10.2 Å². The minimum absolute atomic E-state index is 0.269. The summed E-state index contributed by atoms with van der Waals surface area (Å²) >= 11 is 0. The highest BCUT2D eigenvalue weighted by Gasteiger charge is 2.17. The molecule has 1 aromatic carbocycles. The average molecular weight is 481 g/mol. The van der Waals surface area contributed by atoms with E-state index in [0.717, 1.165) is 33.8 Å². The van der Waals surface area contributed by atoms with Crippen molar-refractivity contribution in [3.05, 3.63) is 90.5 Å². The lowest BCUT2D eigenvalue weighted by Gasteiger charge is -2.06. The molecule has 0 aliphatic carbocycles. The fourth-order valence-electron chi connectivity index (χ4n) is 4.12. The van der Waals surface area contributed by atoms with Crippen LogP contribution in [0.4, 0.5) is 16.0 Å². The number of anilines is 2. The molecule has 0 spiro atoms. The van der Waals surface area contributed by atoms with Crippen LogP contribution in [-0.2, 0) is 20.5 Å². The number of fused-ring (bicyclic) bond motifs is 1. The van der Waals surface area contributed by atoms with Crippen LogP contribution in [0.1, 0.15) is 11.3 Å². The second-order valence-electron chi connectivity index (χ2n) is 8.43. The third-order valence-electron chi connectivity index (χ3n) is 5.73. The van der Waals surface area contributed by atoms with E-state index in [4.69, 9.17) is 0 Å². The average Bonchev–Trinajstić information content (AvgIpc) is 3.57. The minimum atomic E-state index is -0.269. The van der Waals surface area contributed by atoms with Gasteiger partial charge in [0, 0.05) is 50.9 Å². The molecule has 36 heavy (non-hydrogen) atoms. The van der Waals surface area contributed by atoms with Crippen LogP contribution in [-0.4, -0.2) is 44.1 Å². The standard InChI is InChI=1S/C25H21FN10/c1-34-14-19(13-28-34)29-25-27-8-6-21(30-25)17-7-9-36-23(12-17)31-32-24(36)20-15-35(2)33-22(20)11-16-4-3-5-18(26)10-16/h3-10,12-15H,11H2,1-2H3,(H,27,29,30). The summed E-state index contributed by atoms with van der Waals surface area (Å²) in [5, 5.41) is 20.7. The molecule has 0 atom stereocenters. The van der Waals surface area contributed by atoms with Crippen LogP contribution in [0.2, 0.25) is 0 Å². The fraction of sp³-hybridized carbons (Fsp3) is 0.120. The monoisotopic (exact) mass is 480 g/mol. The number of halogens is 1. The molecule has 0 aliphatic rings. The number of aryl methyl sites for hydroxylation is 2. The van der Waals surface area contributed by atoms with Gasteiger partial charge >= 0.3 is 0 Å². The van der Waals surface area contributed by atoms with Crippen molar-refractivity contribution >= 4 is 17.3 Å². The molecule has 178 valence electrons. The van der Waals surface area contributed by atoms with Gasteiger partial charge in [0.2, 0.25) is 5.95 Å². The van der Waals surface area contributed by atoms with Crippen molar-refractivity contribution in [2.24, 2.45) is 14.1 Å². The summed E-state index contributed by atoms with van der Waals surface area (Å²) in [7, 11) is 3.70. The zero-order valence-electron chi connectivity index (χ0n) is 19.5. The molecule has 1 N–H and O–H groups in total. The van der Waals surface area contributed by atoms with Crippen molar-refractivity contribution in [2.75, 3.05) is 5.32 Å². The molecule has 6 rings (SSSR count). The predicted octanol–water partition coefficient (Wildman–Crippen LogP) is 3.79.